The Labute approximate surface area is 136 Å². The van der Waals surface area contributed by atoms with Crippen LogP contribution in [0, 0.1) is 14.9 Å². The number of nitrogens with zero attached hydrogens (tertiary/aromatic N) is 1. The Bertz CT molecular complexity index is 680. The second kappa shape index (κ2) is 7.64. The van der Waals surface area contributed by atoms with Crippen molar-refractivity contribution >= 4 is 34.2 Å². The molecule has 106 valence electrons. The third kappa shape index (κ3) is 5.08. The summed E-state index contributed by atoms with van der Waals surface area (Å²) in [6.45, 7) is 0.309. The molecule has 0 spiro atoms. The number of hydrogen-bond donors (Lipinski definition) is 1. The second-order valence-electron chi connectivity index (χ2n) is 4.30. The summed E-state index contributed by atoms with van der Waals surface area (Å²) in [5.74, 6) is 0.608. The molecule has 2 aromatic rings. The number of halogens is 1. The van der Waals surface area contributed by atoms with Crippen LogP contribution in [0.15, 0.2) is 48.5 Å². The topological polar surface area (TPSA) is 62.1 Å². The quantitative estimate of drug-likeness (QED) is 0.792. The molecular weight excluding hydrogens is 379 g/mol. The minimum atomic E-state index is -0.143. The van der Waals surface area contributed by atoms with Gasteiger partial charge < -0.3 is 10.1 Å². The fraction of sp³-hybridized carbons (Fsp3) is 0.125. The van der Waals surface area contributed by atoms with E-state index in [1.807, 2.05) is 30.3 Å². The van der Waals surface area contributed by atoms with Crippen LogP contribution < -0.4 is 10.1 Å². The highest BCUT2D eigenvalue weighted by Crippen LogP contribution is 2.15. The lowest BCUT2D eigenvalue weighted by molar-refractivity contribution is -0.116. The molecule has 1 N–H and O–H groups in total. The Kier molecular flexibility index (Phi) is 5.58. The van der Waals surface area contributed by atoms with Crippen LogP contribution in [0.4, 0.5) is 5.69 Å². The van der Waals surface area contributed by atoms with E-state index in [0.29, 0.717) is 17.9 Å². The zero-order chi connectivity index (χ0) is 15.1. The van der Waals surface area contributed by atoms with E-state index in [-0.39, 0.29) is 12.3 Å². The van der Waals surface area contributed by atoms with E-state index in [4.69, 9.17) is 10.00 Å². The highest BCUT2D eigenvalue weighted by Gasteiger charge is 2.04. The average molecular weight is 392 g/mol. The number of anilines is 1. The van der Waals surface area contributed by atoms with Gasteiger partial charge >= 0.3 is 0 Å². The van der Waals surface area contributed by atoms with Gasteiger partial charge in [-0.3, -0.25) is 4.79 Å². The third-order valence-corrected chi connectivity index (χ3v) is 3.34. The van der Waals surface area contributed by atoms with E-state index in [1.54, 1.807) is 24.3 Å². The minimum absolute atomic E-state index is 0.143. The Morgan fingerprint density at radius 1 is 1.24 bits per heavy atom. The summed E-state index contributed by atoms with van der Waals surface area (Å²) in [5, 5.41) is 11.5. The maximum Gasteiger partial charge on any atom is 0.227 e. The van der Waals surface area contributed by atoms with Gasteiger partial charge in [0.25, 0.3) is 0 Å². The summed E-state index contributed by atoms with van der Waals surface area (Å²) in [6.07, 6.45) is 0.252. The van der Waals surface area contributed by atoms with Crippen molar-refractivity contribution in [1.82, 2.24) is 0 Å². The van der Waals surface area contributed by atoms with Crippen LogP contribution in [0.2, 0.25) is 0 Å². The van der Waals surface area contributed by atoms with Crippen LogP contribution in [-0.4, -0.2) is 12.5 Å². The van der Waals surface area contributed by atoms with E-state index in [9.17, 15) is 4.79 Å². The number of ether oxygens (including phenoxy) is 1. The monoisotopic (exact) mass is 392 g/mol. The molecule has 0 saturated carbocycles. The number of carbonyl (C=O) groups is 1. The molecule has 0 atom stereocenters. The molecule has 0 fully saturated rings. The number of nitrogens with one attached hydrogen (secondary N) is 1. The largest absolute Gasteiger partial charge is 0.493 e. The predicted molar refractivity (Wildman–Crippen MR) is 89.1 cm³/mol. The van der Waals surface area contributed by atoms with Crippen molar-refractivity contribution in [2.75, 3.05) is 11.9 Å². The molecule has 0 bridgehead atoms. The highest BCUT2D eigenvalue weighted by atomic mass is 127. The maximum atomic E-state index is 11.8. The summed E-state index contributed by atoms with van der Waals surface area (Å²) in [5.41, 5.74) is 1.14. The Morgan fingerprint density at radius 3 is 2.81 bits per heavy atom. The molecule has 0 heterocycles. The van der Waals surface area contributed by atoms with Crippen LogP contribution in [0.1, 0.15) is 12.0 Å². The second-order valence-corrected chi connectivity index (χ2v) is 5.54. The van der Waals surface area contributed by atoms with Crippen molar-refractivity contribution in [3.05, 3.63) is 57.7 Å². The third-order valence-electron chi connectivity index (χ3n) is 2.67. The van der Waals surface area contributed by atoms with Gasteiger partial charge in [0, 0.05) is 9.26 Å². The minimum Gasteiger partial charge on any atom is -0.493 e. The van der Waals surface area contributed by atoms with Gasteiger partial charge in [-0.05, 0) is 59.0 Å². The Balaban J connectivity index is 1.81. The van der Waals surface area contributed by atoms with Gasteiger partial charge in [0.05, 0.1) is 24.7 Å². The summed E-state index contributed by atoms with van der Waals surface area (Å²) >= 11 is 2.21. The molecule has 1 amide bonds. The maximum absolute atomic E-state index is 11.8. The van der Waals surface area contributed by atoms with Crippen molar-refractivity contribution < 1.29 is 9.53 Å². The van der Waals surface area contributed by atoms with E-state index >= 15 is 0 Å². The molecule has 2 aromatic carbocycles. The number of benzene rings is 2. The van der Waals surface area contributed by atoms with Crippen LogP contribution in [0.5, 0.6) is 5.75 Å². The van der Waals surface area contributed by atoms with Crippen molar-refractivity contribution in [3.63, 3.8) is 0 Å². The first-order chi connectivity index (χ1) is 10.2. The zero-order valence-electron chi connectivity index (χ0n) is 11.2. The highest BCUT2D eigenvalue weighted by molar-refractivity contribution is 14.1. The molecule has 0 radical (unpaired) electrons. The van der Waals surface area contributed by atoms with Gasteiger partial charge in [0.1, 0.15) is 5.75 Å². The van der Waals surface area contributed by atoms with Gasteiger partial charge in [-0.25, -0.2) is 0 Å². The number of rotatable bonds is 5. The van der Waals surface area contributed by atoms with Gasteiger partial charge in [-0.1, -0.05) is 12.1 Å². The van der Waals surface area contributed by atoms with Crippen LogP contribution >= 0.6 is 22.6 Å². The molecule has 21 heavy (non-hydrogen) atoms. The van der Waals surface area contributed by atoms with Crippen LogP contribution in [-0.2, 0) is 4.79 Å². The molecule has 0 saturated heterocycles. The van der Waals surface area contributed by atoms with Crippen LogP contribution in [0.3, 0.4) is 0 Å². The summed E-state index contributed by atoms with van der Waals surface area (Å²) < 4.78 is 6.61. The number of nitriles is 1. The normalized spacial score (nSPS) is 9.71. The van der Waals surface area contributed by atoms with E-state index in [1.165, 1.54) is 0 Å². The molecule has 0 aliphatic carbocycles. The number of amides is 1. The van der Waals surface area contributed by atoms with Crippen molar-refractivity contribution in [2.45, 2.75) is 6.42 Å². The van der Waals surface area contributed by atoms with E-state index in [2.05, 4.69) is 27.9 Å². The smallest absolute Gasteiger partial charge is 0.227 e. The Hall–Kier alpha value is -2.07. The molecule has 4 nitrogen and oxygen atoms in total. The molecule has 0 unspecified atom stereocenters. The van der Waals surface area contributed by atoms with Crippen molar-refractivity contribution in [2.24, 2.45) is 0 Å². The van der Waals surface area contributed by atoms with Crippen molar-refractivity contribution in [3.8, 4) is 11.8 Å². The van der Waals surface area contributed by atoms with Crippen molar-refractivity contribution in [1.29, 1.82) is 5.26 Å². The Morgan fingerprint density at radius 2 is 2.05 bits per heavy atom. The van der Waals surface area contributed by atoms with Gasteiger partial charge in [-0.15, -0.1) is 0 Å². The van der Waals surface area contributed by atoms with Gasteiger partial charge in [-0.2, -0.15) is 5.26 Å². The molecule has 0 aliphatic heterocycles. The van der Waals surface area contributed by atoms with E-state index in [0.717, 1.165) is 9.32 Å². The average Bonchev–Trinajstić information content (AvgIpc) is 2.47. The fourth-order valence-electron chi connectivity index (χ4n) is 1.71. The number of hydrogen-bond acceptors (Lipinski definition) is 3. The lowest BCUT2D eigenvalue weighted by atomic mass is 10.2. The molecular formula is C16H13IN2O2. The SMILES string of the molecule is N#Cc1cccc(NC(=O)CCOc2cccc(I)c2)c1. The lowest BCUT2D eigenvalue weighted by Gasteiger charge is -2.07. The molecule has 5 heteroatoms. The summed E-state index contributed by atoms with van der Waals surface area (Å²) in [7, 11) is 0. The molecule has 2 rings (SSSR count). The summed E-state index contributed by atoms with van der Waals surface area (Å²) in [4.78, 5) is 11.8. The predicted octanol–water partition coefficient (Wildman–Crippen LogP) is 3.57. The lowest BCUT2D eigenvalue weighted by Crippen LogP contribution is -2.15. The molecule has 0 aliphatic rings. The standard InChI is InChI=1S/C16H13IN2O2/c17-13-4-2-6-15(10-13)21-8-7-16(20)19-14-5-1-3-12(9-14)11-18/h1-6,9-10H,7-8H2,(H,19,20). The van der Waals surface area contributed by atoms with Gasteiger partial charge in [0.15, 0.2) is 0 Å². The first-order valence-corrected chi connectivity index (χ1v) is 7.43. The summed E-state index contributed by atoms with van der Waals surface area (Å²) in [6, 6.07) is 16.5. The fourth-order valence-corrected chi connectivity index (χ4v) is 2.22. The van der Waals surface area contributed by atoms with Crippen LogP contribution in [0.25, 0.3) is 0 Å². The number of carbonyl (C=O) groups excluding carboxylic acids is 1. The zero-order valence-corrected chi connectivity index (χ0v) is 13.3. The van der Waals surface area contributed by atoms with Gasteiger partial charge in [0.2, 0.25) is 5.91 Å². The first-order valence-electron chi connectivity index (χ1n) is 6.36. The molecule has 0 aromatic heterocycles. The first kappa shape index (κ1) is 15.3. The van der Waals surface area contributed by atoms with E-state index < -0.39 is 0 Å².